The molecule has 1 unspecified atom stereocenters. The molecule has 1 aliphatic rings. The fourth-order valence-electron chi connectivity index (χ4n) is 4.31. The van der Waals surface area contributed by atoms with Gasteiger partial charge in [-0.2, -0.15) is 0 Å². The van der Waals surface area contributed by atoms with E-state index in [1.54, 1.807) is 30.0 Å². The van der Waals surface area contributed by atoms with E-state index in [4.69, 9.17) is 35.3 Å². The molecule has 3 rings (SSSR count). The van der Waals surface area contributed by atoms with Crippen molar-refractivity contribution >= 4 is 29.6 Å². The van der Waals surface area contributed by atoms with Crippen molar-refractivity contribution in [3.63, 3.8) is 0 Å². The van der Waals surface area contributed by atoms with Gasteiger partial charge >= 0.3 is 18.0 Å². The number of nitrogens with zero attached hydrogens (tertiary/aromatic N) is 1. The van der Waals surface area contributed by atoms with Crippen LogP contribution in [0.1, 0.15) is 49.1 Å². The summed E-state index contributed by atoms with van der Waals surface area (Å²) < 4.78 is 26.9. The number of halogens is 1. The number of methoxy groups -OCH3 is 2. The Morgan fingerprint density at radius 3 is 2.06 bits per heavy atom. The molecule has 9 nitrogen and oxygen atoms in total. The first-order chi connectivity index (χ1) is 17.2. The molecule has 2 aromatic rings. The molecule has 10 heteroatoms. The van der Waals surface area contributed by atoms with E-state index in [2.05, 4.69) is 0 Å². The monoisotopic (exact) mass is 519 g/mol. The van der Waals surface area contributed by atoms with Gasteiger partial charge in [-0.25, -0.2) is 4.79 Å². The average molecular weight is 520 g/mol. The van der Waals surface area contributed by atoms with Gasteiger partial charge in [0.1, 0.15) is 0 Å². The molecule has 1 atom stereocenters. The predicted octanol–water partition coefficient (Wildman–Crippen LogP) is 4.59. The normalized spacial score (nSPS) is 14.5. The Kier molecular flexibility index (Phi) is 9.03. The van der Waals surface area contributed by atoms with Gasteiger partial charge in [-0.3, -0.25) is 9.59 Å². The Labute approximate surface area is 215 Å². The number of hydrogen-bond donors (Lipinski definition) is 0. The van der Waals surface area contributed by atoms with Crippen molar-refractivity contribution in [1.82, 2.24) is 4.90 Å². The molecule has 36 heavy (non-hydrogen) atoms. The molecule has 1 amide bonds. The minimum Gasteiger partial charge on any atom is -0.493 e. The fourth-order valence-corrected chi connectivity index (χ4v) is 4.56. The molecule has 0 N–H and O–H groups in total. The van der Waals surface area contributed by atoms with Crippen molar-refractivity contribution in [3.05, 3.63) is 46.5 Å². The van der Waals surface area contributed by atoms with Crippen molar-refractivity contribution in [3.8, 4) is 23.0 Å². The number of alkyl halides is 1. The summed E-state index contributed by atoms with van der Waals surface area (Å²) in [5, 5.41) is 0. The van der Waals surface area contributed by atoms with Crippen LogP contribution < -0.4 is 18.9 Å². The summed E-state index contributed by atoms with van der Waals surface area (Å²) >= 11 is 6.27. The standard InChI is InChI=1S/C26H30ClNO8/c1-6-34-26(31)28-8-7-17-10-22(32-4)25(36-16(3)30)13-20(17)21(28)9-18-11-24(35-15(2)29)23(33-5)12-19(18)14-27/h10-13,21H,6-9,14H2,1-5H3. The quantitative estimate of drug-likeness (QED) is 0.283. The molecule has 0 saturated carbocycles. The summed E-state index contributed by atoms with van der Waals surface area (Å²) in [6.45, 7) is 4.99. The van der Waals surface area contributed by atoms with Crippen molar-refractivity contribution in [2.45, 2.75) is 45.5 Å². The van der Waals surface area contributed by atoms with E-state index in [1.165, 1.54) is 28.1 Å². The van der Waals surface area contributed by atoms with Gasteiger partial charge in [0.05, 0.1) is 26.9 Å². The van der Waals surface area contributed by atoms with E-state index in [0.29, 0.717) is 30.9 Å². The van der Waals surface area contributed by atoms with E-state index in [-0.39, 0.29) is 24.0 Å². The SMILES string of the molecule is CCOC(=O)N1CCc2cc(OC)c(OC(C)=O)cc2C1Cc1cc(OC(C)=O)c(OC)cc1CCl. The first-order valence-corrected chi connectivity index (χ1v) is 12.0. The summed E-state index contributed by atoms with van der Waals surface area (Å²) in [6, 6.07) is 6.49. The van der Waals surface area contributed by atoms with Crippen LogP contribution in [0.3, 0.4) is 0 Å². The van der Waals surface area contributed by atoms with Crippen LogP contribution in [-0.2, 0) is 33.0 Å². The second-order valence-corrected chi connectivity index (χ2v) is 8.42. The van der Waals surface area contributed by atoms with Gasteiger partial charge < -0.3 is 28.6 Å². The summed E-state index contributed by atoms with van der Waals surface area (Å²) in [6.07, 6.45) is 0.433. The molecular weight excluding hydrogens is 490 g/mol. The molecule has 0 aliphatic carbocycles. The zero-order valence-corrected chi connectivity index (χ0v) is 21.8. The third kappa shape index (κ3) is 6.02. The van der Waals surface area contributed by atoms with Crippen molar-refractivity contribution < 1.29 is 38.1 Å². The first-order valence-electron chi connectivity index (χ1n) is 11.5. The van der Waals surface area contributed by atoms with Crippen LogP contribution in [0.4, 0.5) is 4.79 Å². The molecule has 2 aromatic carbocycles. The van der Waals surface area contributed by atoms with Crippen LogP contribution >= 0.6 is 11.6 Å². The number of amides is 1. The molecule has 0 spiro atoms. The van der Waals surface area contributed by atoms with Crippen molar-refractivity contribution in [2.75, 3.05) is 27.4 Å². The minimum absolute atomic E-state index is 0.173. The molecule has 0 radical (unpaired) electrons. The fraction of sp³-hybridized carbons (Fsp3) is 0.423. The Hall–Kier alpha value is -3.46. The Morgan fingerprint density at radius 1 is 0.917 bits per heavy atom. The van der Waals surface area contributed by atoms with E-state index >= 15 is 0 Å². The molecule has 0 fully saturated rings. The van der Waals surface area contributed by atoms with Crippen LogP contribution in [0.15, 0.2) is 24.3 Å². The number of ether oxygens (including phenoxy) is 5. The number of carbonyl (C=O) groups excluding carboxylic acids is 3. The van der Waals surface area contributed by atoms with Crippen LogP contribution in [-0.4, -0.2) is 50.3 Å². The van der Waals surface area contributed by atoms with Crippen LogP contribution in [0.2, 0.25) is 0 Å². The second-order valence-electron chi connectivity index (χ2n) is 8.16. The third-order valence-electron chi connectivity index (χ3n) is 5.84. The summed E-state index contributed by atoms with van der Waals surface area (Å²) in [5.41, 5.74) is 3.26. The first kappa shape index (κ1) is 27.1. The molecular formula is C26H30ClNO8. The van der Waals surface area contributed by atoms with Crippen molar-refractivity contribution in [1.29, 1.82) is 0 Å². The maximum Gasteiger partial charge on any atom is 0.410 e. The van der Waals surface area contributed by atoms with Gasteiger partial charge in [0.15, 0.2) is 23.0 Å². The van der Waals surface area contributed by atoms with Gasteiger partial charge in [-0.15, -0.1) is 11.6 Å². The maximum atomic E-state index is 12.9. The summed E-state index contributed by atoms with van der Waals surface area (Å²) in [4.78, 5) is 38.0. The third-order valence-corrected chi connectivity index (χ3v) is 6.12. The van der Waals surface area contributed by atoms with Crippen LogP contribution in [0.5, 0.6) is 23.0 Å². The van der Waals surface area contributed by atoms with Gasteiger partial charge in [0, 0.05) is 26.3 Å². The zero-order valence-electron chi connectivity index (χ0n) is 21.0. The highest BCUT2D eigenvalue weighted by Gasteiger charge is 2.34. The van der Waals surface area contributed by atoms with Gasteiger partial charge in [0.2, 0.25) is 0 Å². The predicted molar refractivity (Wildman–Crippen MR) is 132 cm³/mol. The number of fused-ring (bicyclic) bond motifs is 1. The van der Waals surface area contributed by atoms with Gasteiger partial charge in [0.25, 0.3) is 0 Å². The lowest BCUT2D eigenvalue weighted by Gasteiger charge is -2.37. The number of esters is 2. The summed E-state index contributed by atoms with van der Waals surface area (Å²) in [5.74, 6) is 0.496. The molecule has 1 heterocycles. The van der Waals surface area contributed by atoms with Crippen LogP contribution in [0, 0.1) is 0 Å². The molecule has 1 aliphatic heterocycles. The zero-order chi connectivity index (χ0) is 26.4. The highest BCUT2D eigenvalue weighted by molar-refractivity contribution is 6.17. The van der Waals surface area contributed by atoms with E-state index < -0.39 is 24.1 Å². The Morgan fingerprint density at radius 2 is 1.50 bits per heavy atom. The topological polar surface area (TPSA) is 101 Å². The lowest BCUT2D eigenvalue weighted by atomic mass is 9.87. The largest absolute Gasteiger partial charge is 0.493 e. The second kappa shape index (κ2) is 12.0. The van der Waals surface area contributed by atoms with E-state index in [1.807, 2.05) is 6.07 Å². The maximum absolute atomic E-state index is 12.9. The smallest absolute Gasteiger partial charge is 0.410 e. The Balaban J connectivity index is 2.15. The molecule has 0 aromatic heterocycles. The van der Waals surface area contributed by atoms with Gasteiger partial charge in [-0.05, 0) is 66.3 Å². The van der Waals surface area contributed by atoms with E-state index in [0.717, 1.165) is 22.3 Å². The van der Waals surface area contributed by atoms with Gasteiger partial charge in [-0.1, -0.05) is 0 Å². The molecule has 0 bridgehead atoms. The van der Waals surface area contributed by atoms with Crippen molar-refractivity contribution in [2.24, 2.45) is 0 Å². The molecule has 0 saturated heterocycles. The average Bonchev–Trinajstić information content (AvgIpc) is 2.83. The number of benzene rings is 2. The minimum atomic E-state index is -0.493. The number of rotatable bonds is 8. The lowest BCUT2D eigenvalue weighted by Crippen LogP contribution is -2.41. The molecule has 194 valence electrons. The van der Waals surface area contributed by atoms with E-state index in [9.17, 15) is 14.4 Å². The highest BCUT2D eigenvalue weighted by atomic mass is 35.5. The number of hydrogen-bond acceptors (Lipinski definition) is 8. The number of carbonyl (C=O) groups is 3. The lowest BCUT2D eigenvalue weighted by molar-refractivity contribution is -0.132. The Bertz CT molecular complexity index is 1150. The highest BCUT2D eigenvalue weighted by Crippen LogP contribution is 2.41. The summed E-state index contributed by atoms with van der Waals surface area (Å²) in [7, 11) is 2.98. The van der Waals surface area contributed by atoms with Crippen LogP contribution in [0.25, 0.3) is 0 Å².